The van der Waals surface area contributed by atoms with Crippen LogP contribution in [0.15, 0.2) is 48.8 Å². The topological polar surface area (TPSA) is 104 Å². The van der Waals surface area contributed by atoms with Crippen LogP contribution in [0.5, 0.6) is 0 Å². The van der Waals surface area contributed by atoms with Gasteiger partial charge >= 0.3 is 0 Å². The summed E-state index contributed by atoms with van der Waals surface area (Å²) in [6, 6.07) is 10.2. The molecule has 0 aliphatic carbocycles. The fourth-order valence-corrected chi connectivity index (χ4v) is 2.63. The van der Waals surface area contributed by atoms with Gasteiger partial charge in [-0.25, -0.2) is 13.0 Å². The van der Waals surface area contributed by atoms with Gasteiger partial charge in [-0.05, 0) is 17.5 Å². The van der Waals surface area contributed by atoms with Crippen molar-refractivity contribution in [2.45, 2.75) is 19.4 Å². The first kappa shape index (κ1) is 17.0. The van der Waals surface area contributed by atoms with E-state index in [0.29, 0.717) is 13.0 Å². The predicted molar refractivity (Wildman–Crippen MR) is 81.7 cm³/mol. The standard InChI is InChI=1S/C15H16N2O5S/c18-17(19)15-4-2-13(3-5-15)12-14-6-9-16(10-7-14)8-1-11-23(20,21)22/h2-7,9-10H,1,8,11-12H2. The Morgan fingerprint density at radius 3 is 2.09 bits per heavy atom. The van der Waals surface area contributed by atoms with E-state index < -0.39 is 15.0 Å². The number of pyridine rings is 1. The number of aromatic nitrogens is 1. The highest BCUT2D eigenvalue weighted by molar-refractivity contribution is 7.85. The predicted octanol–water partition coefficient (Wildman–Crippen LogP) is 1.41. The van der Waals surface area contributed by atoms with Gasteiger partial charge < -0.3 is 4.55 Å². The van der Waals surface area contributed by atoms with Gasteiger partial charge in [0.05, 0.1) is 15.0 Å². The minimum Gasteiger partial charge on any atom is -0.748 e. The molecular weight excluding hydrogens is 320 g/mol. The molecule has 0 radical (unpaired) electrons. The Labute approximate surface area is 134 Å². The highest BCUT2D eigenvalue weighted by Crippen LogP contribution is 2.14. The molecule has 0 N–H and O–H groups in total. The maximum absolute atomic E-state index is 10.6. The lowest BCUT2D eigenvalue weighted by Gasteiger charge is -2.04. The van der Waals surface area contributed by atoms with Crippen LogP contribution in [0.25, 0.3) is 0 Å². The number of nitro groups is 1. The van der Waals surface area contributed by atoms with E-state index in [0.717, 1.165) is 11.1 Å². The summed E-state index contributed by atoms with van der Waals surface area (Å²) in [5.41, 5.74) is 2.06. The monoisotopic (exact) mass is 336 g/mol. The lowest BCUT2D eigenvalue weighted by atomic mass is 10.1. The quantitative estimate of drug-likeness (QED) is 0.329. The molecule has 7 nitrogen and oxygen atoms in total. The van der Waals surface area contributed by atoms with Crippen LogP contribution in [0.1, 0.15) is 17.5 Å². The molecule has 0 atom stereocenters. The van der Waals surface area contributed by atoms with Gasteiger partial charge in [-0.3, -0.25) is 10.1 Å². The highest BCUT2D eigenvalue weighted by Gasteiger charge is 2.06. The molecule has 0 saturated carbocycles. The van der Waals surface area contributed by atoms with Crippen molar-refractivity contribution in [2.75, 3.05) is 5.75 Å². The van der Waals surface area contributed by atoms with Gasteiger partial charge in [-0.1, -0.05) is 12.1 Å². The molecule has 0 saturated heterocycles. The maximum atomic E-state index is 10.6. The summed E-state index contributed by atoms with van der Waals surface area (Å²) in [6.07, 6.45) is 4.56. The van der Waals surface area contributed by atoms with Crippen molar-refractivity contribution in [2.24, 2.45) is 0 Å². The SMILES string of the molecule is O=[N+]([O-])c1ccc(Cc2cc[n+](CCCS(=O)(=O)[O-])cc2)cc1. The number of benzene rings is 1. The Morgan fingerprint density at radius 2 is 1.57 bits per heavy atom. The van der Waals surface area contributed by atoms with Crippen LogP contribution in [0.4, 0.5) is 5.69 Å². The summed E-state index contributed by atoms with van der Waals surface area (Å²) in [7, 11) is -4.16. The molecule has 0 bridgehead atoms. The number of hydrogen-bond donors (Lipinski definition) is 0. The minimum absolute atomic E-state index is 0.0629. The van der Waals surface area contributed by atoms with E-state index in [-0.39, 0.29) is 17.9 Å². The van der Waals surface area contributed by atoms with Crippen LogP contribution < -0.4 is 4.57 Å². The Morgan fingerprint density at radius 1 is 1.00 bits per heavy atom. The van der Waals surface area contributed by atoms with Crippen LogP contribution in [-0.4, -0.2) is 23.6 Å². The van der Waals surface area contributed by atoms with E-state index >= 15 is 0 Å². The van der Waals surface area contributed by atoms with E-state index in [2.05, 4.69) is 0 Å². The fourth-order valence-electron chi connectivity index (χ4n) is 2.15. The molecule has 2 rings (SSSR count). The maximum Gasteiger partial charge on any atom is 0.269 e. The van der Waals surface area contributed by atoms with Crippen LogP contribution >= 0.6 is 0 Å². The Kier molecular flexibility index (Phi) is 5.41. The van der Waals surface area contributed by atoms with Gasteiger partial charge in [0.1, 0.15) is 6.54 Å². The third-order valence-corrected chi connectivity index (χ3v) is 4.11. The zero-order valence-electron chi connectivity index (χ0n) is 12.3. The number of nitrogens with zero attached hydrogens (tertiary/aromatic N) is 2. The number of non-ortho nitro benzene ring substituents is 1. The molecule has 23 heavy (non-hydrogen) atoms. The molecule has 2 aromatic rings. The van der Waals surface area contributed by atoms with Crippen molar-refractivity contribution in [3.63, 3.8) is 0 Å². The van der Waals surface area contributed by atoms with E-state index in [4.69, 9.17) is 0 Å². The summed E-state index contributed by atoms with van der Waals surface area (Å²) in [6.45, 7) is 0.458. The Bertz CT molecular complexity index is 771. The second-order valence-corrected chi connectivity index (χ2v) is 6.68. The van der Waals surface area contributed by atoms with Gasteiger partial charge in [0.25, 0.3) is 5.69 Å². The number of hydrogen-bond acceptors (Lipinski definition) is 5. The van der Waals surface area contributed by atoms with Gasteiger partial charge in [0, 0.05) is 36.4 Å². The summed E-state index contributed by atoms with van der Waals surface area (Å²) in [5.74, 6) is -0.370. The Hall–Kier alpha value is -2.32. The number of nitro benzene ring substituents is 1. The molecule has 0 spiro atoms. The molecule has 8 heteroatoms. The normalized spacial score (nSPS) is 11.3. The summed E-state index contributed by atoms with van der Waals surface area (Å²) in [4.78, 5) is 10.2. The van der Waals surface area contributed by atoms with Crippen LogP contribution in [0, 0.1) is 10.1 Å². The average Bonchev–Trinajstić information content (AvgIpc) is 2.48. The zero-order chi connectivity index (χ0) is 16.9. The fraction of sp³-hybridized carbons (Fsp3) is 0.267. The highest BCUT2D eigenvalue weighted by atomic mass is 32.2. The Balaban J connectivity index is 1.93. The second-order valence-electron chi connectivity index (χ2n) is 5.16. The number of aryl methyl sites for hydroxylation is 1. The van der Waals surface area contributed by atoms with E-state index in [9.17, 15) is 23.1 Å². The summed E-state index contributed by atoms with van der Waals surface area (Å²) in [5, 5.41) is 10.6. The molecule has 0 amide bonds. The summed E-state index contributed by atoms with van der Waals surface area (Å²) < 4.78 is 33.4. The first-order valence-corrected chi connectivity index (χ1v) is 8.56. The third-order valence-electron chi connectivity index (χ3n) is 3.33. The van der Waals surface area contributed by atoms with Gasteiger partial charge in [0.15, 0.2) is 12.4 Å². The molecule has 122 valence electrons. The molecule has 0 fully saturated rings. The summed E-state index contributed by atoms with van der Waals surface area (Å²) >= 11 is 0. The van der Waals surface area contributed by atoms with Crippen molar-refractivity contribution in [3.05, 3.63) is 70.0 Å². The molecule has 0 aliphatic heterocycles. The largest absolute Gasteiger partial charge is 0.748 e. The zero-order valence-corrected chi connectivity index (χ0v) is 13.1. The van der Waals surface area contributed by atoms with Crippen molar-refractivity contribution in [1.29, 1.82) is 0 Å². The first-order chi connectivity index (χ1) is 10.8. The van der Waals surface area contributed by atoms with Crippen molar-refractivity contribution < 1.29 is 22.5 Å². The molecular formula is C15H16N2O5S. The van der Waals surface area contributed by atoms with Crippen molar-refractivity contribution in [1.82, 2.24) is 0 Å². The molecule has 0 aliphatic rings. The van der Waals surface area contributed by atoms with Gasteiger partial charge in [-0.15, -0.1) is 0 Å². The second kappa shape index (κ2) is 7.30. The van der Waals surface area contributed by atoms with Crippen LogP contribution in [-0.2, 0) is 23.1 Å². The van der Waals surface area contributed by atoms with E-state index in [1.165, 1.54) is 12.1 Å². The lowest BCUT2D eigenvalue weighted by molar-refractivity contribution is -0.696. The van der Waals surface area contributed by atoms with Crippen LogP contribution in [0.2, 0.25) is 0 Å². The molecule has 1 aromatic heterocycles. The smallest absolute Gasteiger partial charge is 0.269 e. The van der Waals surface area contributed by atoms with E-state index in [1.807, 2.05) is 29.1 Å². The van der Waals surface area contributed by atoms with Crippen molar-refractivity contribution in [3.8, 4) is 0 Å². The minimum atomic E-state index is -4.16. The van der Waals surface area contributed by atoms with E-state index in [1.54, 1.807) is 12.1 Å². The molecule has 1 heterocycles. The lowest BCUT2D eigenvalue weighted by Crippen LogP contribution is -2.33. The number of rotatable bonds is 7. The van der Waals surface area contributed by atoms with Gasteiger partial charge in [0.2, 0.25) is 0 Å². The average molecular weight is 336 g/mol. The molecule has 0 unspecified atom stereocenters. The third kappa shape index (κ3) is 5.76. The van der Waals surface area contributed by atoms with Gasteiger partial charge in [-0.2, -0.15) is 0 Å². The van der Waals surface area contributed by atoms with Crippen LogP contribution in [0.3, 0.4) is 0 Å². The van der Waals surface area contributed by atoms with Crippen molar-refractivity contribution >= 4 is 15.8 Å². The molecule has 1 aromatic carbocycles. The first-order valence-electron chi connectivity index (χ1n) is 6.98.